The zero-order valence-electron chi connectivity index (χ0n) is 9.28. The topological polar surface area (TPSA) is 34.1 Å². The highest BCUT2D eigenvalue weighted by atomic mass is 16.1. The van der Waals surface area contributed by atoms with Gasteiger partial charge in [-0.1, -0.05) is 29.8 Å². The van der Waals surface area contributed by atoms with Crippen molar-refractivity contribution < 1.29 is 9.59 Å². The minimum absolute atomic E-state index is 0.0878. The van der Waals surface area contributed by atoms with Crippen LogP contribution in [0, 0.1) is 6.92 Å². The van der Waals surface area contributed by atoms with Gasteiger partial charge in [-0.05, 0) is 31.6 Å². The fourth-order valence-corrected chi connectivity index (χ4v) is 1.62. The van der Waals surface area contributed by atoms with Crippen molar-refractivity contribution >= 4 is 17.1 Å². The first-order valence-corrected chi connectivity index (χ1v) is 5.13. The summed E-state index contributed by atoms with van der Waals surface area (Å²) in [5.41, 5.74) is 2.91. The zero-order chi connectivity index (χ0) is 11.7. The van der Waals surface area contributed by atoms with Crippen LogP contribution < -0.4 is 0 Å². The molecule has 0 aliphatic heterocycles. The van der Waals surface area contributed by atoms with Gasteiger partial charge in [-0.25, -0.2) is 0 Å². The fourth-order valence-electron chi connectivity index (χ4n) is 1.62. The first kappa shape index (κ1) is 10.6. The highest BCUT2D eigenvalue weighted by Crippen LogP contribution is 2.21. The van der Waals surface area contributed by atoms with Crippen molar-refractivity contribution in [1.82, 2.24) is 0 Å². The number of allylic oxidation sites excluding steroid dienone is 4. The van der Waals surface area contributed by atoms with Gasteiger partial charge in [0, 0.05) is 11.1 Å². The summed E-state index contributed by atoms with van der Waals surface area (Å²) < 4.78 is 0. The van der Waals surface area contributed by atoms with Gasteiger partial charge in [0.05, 0.1) is 0 Å². The summed E-state index contributed by atoms with van der Waals surface area (Å²) in [7, 11) is 0. The molecule has 0 bridgehead atoms. The van der Waals surface area contributed by atoms with Gasteiger partial charge in [0.2, 0.25) is 0 Å². The van der Waals surface area contributed by atoms with Gasteiger partial charge in [-0.15, -0.1) is 0 Å². The van der Waals surface area contributed by atoms with Gasteiger partial charge < -0.3 is 0 Å². The Morgan fingerprint density at radius 3 is 2.06 bits per heavy atom. The number of carbonyl (C=O) groups excluding carboxylic acids is 2. The predicted octanol–water partition coefficient (Wildman–Crippen LogP) is 2.48. The lowest BCUT2D eigenvalue weighted by molar-refractivity contribution is -0.114. The summed E-state index contributed by atoms with van der Waals surface area (Å²) in [5.74, 6) is -0.184. The van der Waals surface area contributed by atoms with E-state index >= 15 is 0 Å². The Morgan fingerprint density at radius 1 is 0.812 bits per heavy atom. The van der Waals surface area contributed by atoms with Gasteiger partial charge in [0.1, 0.15) is 0 Å². The first-order valence-electron chi connectivity index (χ1n) is 5.13. The van der Waals surface area contributed by atoms with Crippen molar-refractivity contribution in [2.75, 3.05) is 0 Å². The Balaban J connectivity index is 2.43. The van der Waals surface area contributed by atoms with Crippen molar-refractivity contribution in [2.24, 2.45) is 0 Å². The number of ketones is 2. The molecule has 0 N–H and O–H groups in total. The molecule has 16 heavy (non-hydrogen) atoms. The van der Waals surface area contributed by atoms with E-state index in [1.54, 1.807) is 6.92 Å². The molecule has 0 unspecified atom stereocenters. The van der Waals surface area contributed by atoms with Crippen LogP contribution in [0.2, 0.25) is 0 Å². The van der Waals surface area contributed by atoms with Crippen LogP contribution in [0.15, 0.2) is 42.0 Å². The van der Waals surface area contributed by atoms with Gasteiger partial charge in [0.15, 0.2) is 11.6 Å². The van der Waals surface area contributed by atoms with Crippen LogP contribution >= 0.6 is 0 Å². The molecular formula is C14H12O2. The van der Waals surface area contributed by atoms with Gasteiger partial charge in [-0.2, -0.15) is 0 Å². The van der Waals surface area contributed by atoms with Crippen molar-refractivity contribution in [1.29, 1.82) is 0 Å². The first-order chi connectivity index (χ1) is 7.58. The van der Waals surface area contributed by atoms with Crippen LogP contribution in [0.3, 0.4) is 0 Å². The molecule has 2 heteroatoms. The summed E-state index contributed by atoms with van der Waals surface area (Å²) in [5, 5.41) is 0. The largest absolute Gasteiger partial charge is 0.290 e. The summed E-state index contributed by atoms with van der Waals surface area (Å²) in [6.45, 7) is 3.64. The second kappa shape index (κ2) is 3.89. The van der Waals surface area contributed by atoms with Crippen LogP contribution in [-0.4, -0.2) is 11.6 Å². The SMILES string of the molecule is CC1=CC(=O)C(c2ccc(C)cc2)=CC1=O. The molecular weight excluding hydrogens is 200 g/mol. The Hall–Kier alpha value is -1.96. The Labute approximate surface area is 94.3 Å². The second-order valence-electron chi connectivity index (χ2n) is 3.98. The number of carbonyl (C=O) groups is 2. The number of hydrogen-bond acceptors (Lipinski definition) is 2. The molecule has 0 atom stereocenters. The zero-order valence-corrected chi connectivity index (χ0v) is 9.28. The molecule has 2 rings (SSSR count). The van der Waals surface area contributed by atoms with E-state index in [1.165, 1.54) is 12.2 Å². The van der Waals surface area contributed by atoms with Crippen molar-refractivity contribution in [3.05, 3.63) is 53.1 Å². The van der Waals surface area contributed by atoms with Gasteiger partial charge in [-0.3, -0.25) is 9.59 Å². The van der Waals surface area contributed by atoms with E-state index in [9.17, 15) is 9.59 Å². The number of rotatable bonds is 1. The summed E-state index contributed by atoms with van der Waals surface area (Å²) in [6.07, 6.45) is 2.82. The smallest absolute Gasteiger partial charge is 0.186 e. The van der Waals surface area contributed by atoms with Crippen molar-refractivity contribution in [3.8, 4) is 0 Å². The number of benzene rings is 1. The van der Waals surface area contributed by atoms with Gasteiger partial charge in [0.25, 0.3) is 0 Å². The van der Waals surface area contributed by atoms with Crippen molar-refractivity contribution in [2.45, 2.75) is 13.8 Å². The molecule has 1 aliphatic carbocycles. The van der Waals surface area contributed by atoms with Gasteiger partial charge >= 0.3 is 0 Å². The van der Waals surface area contributed by atoms with E-state index in [0.717, 1.165) is 11.1 Å². The van der Waals surface area contributed by atoms with Crippen molar-refractivity contribution in [3.63, 3.8) is 0 Å². The normalized spacial score (nSPS) is 15.9. The van der Waals surface area contributed by atoms with Crippen LogP contribution in [0.1, 0.15) is 18.1 Å². The highest BCUT2D eigenvalue weighted by Gasteiger charge is 2.18. The third-order valence-corrected chi connectivity index (χ3v) is 2.64. The molecule has 1 aromatic carbocycles. The number of aryl methyl sites for hydroxylation is 1. The molecule has 2 nitrogen and oxygen atoms in total. The molecule has 80 valence electrons. The molecule has 0 radical (unpaired) electrons. The Kier molecular flexibility index (Phi) is 2.57. The summed E-state index contributed by atoms with van der Waals surface area (Å²) in [4.78, 5) is 23.2. The van der Waals surface area contributed by atoms with Crippen LogP contribution in [0.5, 0.6) is 0 Å². The van der Waals surface area contributed by atoms with E-state index in [2.05, 4.69) is 0 Å². The average molecular weight is 212 g/mol. The average Bonchev–Trinajstić information content (AvgIpc) is 2.25. The maximum atomic E-state index is 11.7. The molecule has 0 saturated heterocycles. The van der Waals surface area contributed by atoms with E-state index in [4.69, 9.17) is 0 Å². The fraction of sp³-hybridized carbons (Fsp3) is 0.143. The monoisotopic (exact) mass is 212 g/mol. The highest BCUT2D eigenvalue weighted by molar-refractivity contribution is 6.35. The van der Waals surface area contributed by atoms with E-state index in [1.807, 2.05) is 31.2 Å². The lowest BCUT2D eigenvalue weighted by Crippen LogP contribution is -2.10. The number of hydrogen-bond donors (Lipinski definition) is 0. The minimum Gasteiger partial charge on any atom is -0.290 e. The Morgan fingerprint density at radius 2 is 1.44 bits per heavy atom. The van der Waals surface area contributed by atoms with Crippen LogP contribution in [-0.2, 0) is 9.59 Å². The third-order valence-electron chi connectivity index (χ3n) is 2.64. The molecule has 0 spiro atoms. The molecule has 1 aliphatic rings. The predicted molar refractivity (Wildman–Crippen MR) is 62.9 cm³/mol. The summed E-state index contributed by atoms with van der Waals surface area (Å²) in [6, 6.07) is 7.58. The summed E-state index contributed by atoms with van der Waals surface area (Å²) >= 11 is 0. The van der Waals surface area contributed by atoms with E-state index < -0.39 is 0 Å². The maximum absolute atomic E-state index is 11.7. The second-order valence-corrected chi connectivity index (χ2v) is 3.98. The molecule has 1 aromatic rings. The quantitative estimate of drug-likeness (QED) is 0.670. The standard InChI is InChI=1S/C14H12O2/c1-9-3-5-11(6-4-9)12-8-13(15)10(2)7-14(12)16/h3-8H,1-2H3. The molecule has 0 fully saturated rings. The van der Waals surface area contributed by atoms with E-state index in [0.29, 0.717) is 11.1 Å². The maximum Gasteiger partial charge on any atom is 0.186 e. The minimum atomic E-state index is -0.0963. The van der Waals surface area contributed by atoms with Crippen LogP contribution in [0.4, 0.5) is 0 Å². The lowest BCUT2D eigenvalue weighted by atomic mass is 9.92. The van der Waals surface area contributed by atoms with E-state index in [-0.39, 0.29) is 11.6 Å². The molecule has 0 aromatic heterocycles. The Bertz CT molecular complexity index is 516. The lowest BCUT2D eigenvalue weighted by Gasteiger charge is -2.09. The molecule has 0 heterocycles. The van der Waals surface area contributed by atoms with Crippen LogP contribution in [0.25, 0.3) is 5.57 Å². The molecule has 0 amide bonds. The third kappa shape index (κ3) is 1.87. The molecule has 0 saturated carbocycles.